The first-order valence-corrected chi connectivity index (χ1v) is 9.49. The molecule has 0 aromatic heterocycles. The maximum Gasteiger partial charge on any atom is 0.408 e. The van der Waals surface area contributed by atoms with Crippen LogP contribution in [0.1, 0.15) is 60.3 Å². The molecule has 27 heavy (non-hydrogen) atoms. The second kappa shape index (κ2) is 12.3. The smallest absolute Gasteiger partial charge is 0.408 e. The first-order chi connectivity index (χ1) is 12.8. The van der Waals surface area contributed by atoms with E-state index in [4.69, 9.17) is 4.74 Å². The van der Waals surface area contributed by atoms with Gasteiger partial charge in [0.2, 0.25) is 5.91 Å². The highest BCUT2D eigenvalue weighted by Crippen LogP contribution is 2.34. The van der Waals surface area contributed by atoms with Gasteiger partial charge in [0.15, 0.2) is 0 Å². The van der Waals surface area contributed by atoms with E-state index in [9.17, 15) is 14.4 Å². The third kappa shape index (κ3) is 7.95. The second-order valence-corrected chi connectivity index (χ2v) is 6.79. The number of nitrogens with zero attached hydrogens (tertiary/aromatic N) is 1. The van der Waals surface area contributed by atoms with Gasteiger partial charge in [0.25, 0.3) is 0 Å². The average molecular weight is 382 g/mol. The van der Waals surface area contributed by atoms with Crippen molar-refractivity contribution in [1.29, 1.82) is 0 Å². The maximum atomic E-state index is 12.5. The summed E-state index contributed by atoms with van der Waals surface area (Å²) in [6.45, 7) is 9.09. The van der Waals surface area contributed by atoms with Gasteiger partial charge in [-0.05, 0) is 52.7 Å². The van der Waals surface area contributed by atoms with Gasteiger partial charge in [-0.1, -0.05) is 26.0 Å². The van der Waals surface area contributed by atoms with E-state index in [0.29, 0.717) is 12.8 Å². The van der Waals surface area contributed by atoms with Crippen LogP contribution in [0.4, 0.5) is 4.79 Å². The van der Waals surface area contributed by atoms with Crippen molar-refractivity contribution < 1.29 is 19.1 Å². The van der Waals surface area contributed by atoms with Crippen LogP contribution in [0.5, 0.6) is 0 Å². The van der Waals surface area contributed by atoms with Crippen molar-refractivity contribution in [2.75, 3.05) is 13.6 Å². The molecule has 0 saturated carbocycles. The molecule has 1 aliphatic heterocycles. The molecule has 0 spiro atoms. The number of amides is 2. The molecule has 3 N–H and O–H groups in total. The third-order valence-electron chi connectivity index (χ3n) is 3.79. The highest BCUT2D eigenvalue weighted by atomic mass is 16.6. The summed E-state index contributed by atoms with van der Waals surface area (Å²) >= 11 is 0. The fourth-order valence-electron chi connectivity index (χ4n) is 2.88. The molecule has 154 valence electrons. The number of rotatable bonds is 3. The number of alkyl carbamates (subject to hydrolysis) is 1. The SMILES string of the molecule is CC.CC(C)(C)OC(=O)NCC(=O)N1C2=C(CCC=CC2)CC1C=O.CN. The molecule has 1 unspecified atom stereocenters. The number of ether oxygens (including phenoxy) is 1. The standard InChI is InChI=1S/C17H24N2O4.C2H6.CH5N/c1-17(2,3)23-16(22)18-10-15(21)19-13(11-20)9-12-7-5-4-6-8-14(12)19;2*1-2/h4,6,11,13H,5,7-10H2,1-3H3,(H,18,22);1-2H3;2H2,1H3. The summed E-state index contributed by atoms with van der Waals surface area (Å²) in [6.07, 6.45) is 7.34. The average Bonchev–Trinajstić information content (AvgIpc) is 2.83. The molecule has 2 aliphatic rings. The number of carbonyl (C=O) groups is 3. The van der Waals surface area contributed by atoms with E-state index < -0.39 is 17.7 Å². The number of carbonyl (C=O) groups excluding carboxylic acids is 3. The van der Waals surface area contributed by atoms with E-state index in [2.05, 4.69) is 17.1 Å². The summed E-state index contributed by atoms with van der Waals surface area (Å²) in [5.41, 5.74) is 5.96. The molecule has 1 aliphatic carbocycles. The topological polar surface area (TPSA) is 102 Å². The molecule has 0 fully saturated rings. The van der Waals surface area contributed by atoms with Crippen molar-refractivity contribution in [2.24, 2.45) is 5.73 Å². The molecule has 7 nitrogen and oxygen atoms in total. The number of nitrogens with two attached hydrogens (primary N) is 1. The number of nitrogens with one attached hydrogen (secondary N) is 1. The monoisotopic (exact) mass is 381 g/mol. The van der Waals surface area contributed by atoms with Gasteiger partial charge in [0.05, 0.1) is 6.04 Å². The van der Waals surface area contributed by atoms with Crippen LogP contribution in [-0.4, -0.2) is 48.4 Å². The van der Waals surface area contributed by atoms with Crippen LogP contribution in [0, 0.1) is 0 Å². The summed E-state index contributed by atoms with van der Waals surface area (Å²) in [5.74, 6) is -0.284. The molecule has 2 amide bonds. The predicted octanol–water partition coefficient (Wildman–Crippen LogP) is 2.91. The molecule has 0 aromatic rings. The second-order valence-electron chi connectivity index (χ2n) is 6.79. The van der Waals surface area contributed by atoms with E-state index in [0.717, 1.165) is 30.4 Å². The van der Waals surface area contributed by atoms with Gasteiger partial charge in [0, 0.05) is 12.1 Å². The van der Waals surface area contributed by atoms with Gasteiger partial charge in [0.1, 0.15) is 18.4 Å². The first-order valence-electron chi connectivity index (χ1n) is 9.49. The molecular weight excluding hydrogens is 346 g/mol. The minimum absolute atomic E-state index is 0.181. The van der Waals surface area contributed by atoms with Crippen molar-refractivity contribution in [3.8, 4) is 0 Å². The zero-order valence-corrected chi connectivity index (χ0v) is 17.5. The number of hydrogen-bond acceptors (Lipinski definition) is 5. The Morgan fingerprint density at radius 1 is 1.30 bits per heavy atom. The van der Waals surface area contributed by atoms with Gasteiger partial charge in [-0.2, -0.15) is 0 Å². The Hall–Kier alpha value is -2.15. The molecular formula is C20H35N3O4. The van der Waals surface area contributed by atoms with Crippen LogP contribution >= 0.6 is 0 Å². The van der Waals surface area contributed by atoms with E-state index >= 15 is 0 Å². The molecule has 0 saturated heterocycles. The lowest BCUT2D eigenvalue weighted by molar-refractivity contribution is -0.132. The Labute approximate surface area is 163 Å². The van der Waals surface area contributed by atoms with Crippen LogP contribution < -0.4 is 11.1 Å². The lowest BCUT2D eigenvalue weighted by atomic mass is 10.1. The first kappa shape index (κ1) is 24.8. The minimum atomic E-state index is -0.636. The summed E-state index contributed by atoms with van der Waals surface area (Å²) in [6, 6.07) is -0.459. The maximum absolute atomic E-state index is 12.5. The fourth-order valence-corrected chi connectivity index (χ4v) is 2.88. The van der Waals surface area contributed by atoms with Crippen molar-refractivity contribution in [3.63, 3.8) is 0 Å². The van der Waals surface area contributed by atoms with Gasteiger partial charge in [-0.25, -0.2) is 4.79 Å². The van der Waals surface area contributed by atoms with Crippen LogP contribution in [0.3, 0.4) is 0 Å². The third-order valence-corrected chi connectivity index (χ3v) is 3.79. The van der Waals surface area contributed by atoms with Crippen molar-refractivity contribution in [2.45, 2.75) is 71.9 Å². The molecule has 0 aromatic carbocycles. The van der Waals surface area contributed by atoms with Gasteiger partial charge < -0.3 is 25.5 Å². The molecule has 7 heteroatoms. The highest BCUT2D eigenvalue weighted by molar-refractivity contribution is 5.87. The van der Waals surface area contributed by atoms with Gasteiger partial charge >= 0.3 is 6.09 Å². The Bertz CT molecular complexity index is 562. The van der Waals surface area contributed by atoms with Gasteiger partial charge in [-0.15, -0.1) is 0 Å². The van der Waals surface area contributed by atoms with Crippen molar-refractivity contribution in [1.82, 2.24) is 10.2 Å². The molecule has 1 heterocycles. The predicted molar refractivity (Wildman–Crippen MR) is 107 cm³/mol. The highest BCUT2D eigenvalue weighted by Gasteiger charge is 2.35. The lowest BCUT2D eigenvalue weighted by Gasteiger charge is -2.25. The number of allylic oxidation sites excluding steroid dienone is 2. The van der Waals surface area contributed by atoms with Crippen LogP contribution in [0.25, 0.3) is 0 Å². The van der Waals surface area contributed by atoms with E-state index in [-0.39, 0.29) is 12.5 Å². The minimum Gasteiger partial charge on any atom is -0.444 e. The Morgan fingerprint density at radius 2 is 1.93 bits per heavy atom. The summed E-state index contributed by atoms with van der Waals surface area (Å²) in [7, 11) is 1.50. The van der Waals surface area contributed by atoms with Crippen LogP contribution in [0.15, 0.2) is 23.4 Å². The van der Waals surface area contributed by atoms with E-state index in [1.165, 1.54) is 11.9 Å². The lowest BCUT2D eigenvalue weighted by Crippen LogP contribution is -2.44. The fraction of sp³-hybridized carbons (Fsp3) is 0.650. The summed E-state index contributed by atoms with van der Waals surface area (Å²) in [5, 5.41) is 2.46. The zero-order chi connectivity index (χ0) is 21.0. The van der Waals surface area contributed by atoms with Crippen LogP contribution in [-0.2, 0) is 14.3 Å². The largest absolute Gasteiger partial charge is 0.444 e. The number of aldehydes is 1. The van der Waals surface area contributed by atoms with E-state index in [1.807, 2.05) is 19.9 Å². The van der Waals surface area contributed by atoms with Crippen molar-refractivity contribution in [3.05, 3.63) is 23.4 Å². The quantitative estimate of drug-likeness (QED) is 0.578. The van der Waals surface area contributed by atoms with Crippen LogP contribution in [0.2, 0.25) is 0 Å². The molecule has 0 radical (unpaired) electrons. The van der Waals surface area contributed by atoms with E-state index in [1.54, 1.807) is 20.8 Å². The summed E-state index contributed by atoms with van der Waals surface area (Å²) in [4.78, 5) is 37.0. The molecule has 2 rings (SSSR count). The summed E-state index contributed by atoms with van der Waals surface area (Å²) < 4.78 is 5.12. The Morgan fingerprint density at radius 3 is 2.48 bits per heavy atom. The Kier molecular flexibility index (Phi) is 11.3. The normalized spacial score (nSPS) is 18.2. The van der Waals surface area contributed by atoms with Crippen molar-refractivity contribution >= 4 is 18.3 Å². The number of hydrogen-bond donors (Lipinski definition) is 2. The molecule has 1 atom stereocenters. The Balaban J connectivity index is 0.00000158. The zero-order valence-electron chi connectivity index (χ0n) is 17.5. The van der Waals surface area contributed by atoms with Gasteiger partial charge in [-0.3, -0.25) is 4.79 Å². The molecule has 0 bridgehead atoms.